The van der Waals surface area contributed by atoms with Crippen molar-refractivity contribution in [1.29, 1.82) is 0 Å². The van der Waals surface area contributed by atoms with Crippen LogP contribution >= 0.6 is 0 Å². The Bertz CT molecular complexity index is 743. The van der Waals surface area contributed by atoms with Gasteiger partial charge < -0.3 is 10.2 Å². The number of amides is 2. The van der Waals surface area contributed by atoms with Crippen LogP contribution in [-0.2, 0) is 22.6 Å². The number of carbonyl (C=O) groups is 2. The molecule has 0 fully saturated rings. The first-order chi connectivity index (χ1) is 13.0. The number of aryl methyl sites for hydroxylation is 2. The van der Waals surface area contributed by atoms with Crippen LogP contribution in [0.5, 0.6) is 0 Å². The van der Waals surface area contributed by atoms with E-state index in [1.54, 1.807) is 11.8 Å². The highest BCUT2D eigenvalue weighted by atomic mass is 16.2. The highest BCUT2D eigenvalue weighted by molar-refractivity contribution is 5.87. The van der Waals surface area contributed by atoms with Crippen molar-refractivity contribution in [2.24, 2.45) is 0 Å². The fraction of sp³-hybridized carbons (Fsp3) is 0.391. The van der Waals surface area contributed by atoms with E-state index in [-0.39, 0.29) is 11.8 Å². The van der Waals surface area contributed by atoms with Gasteiger partial charge in [-0.25, -0.2) is 0 Å². The monoisotopic (exact) mass is 366 g/mol. The molecular formula is C23H30N2O2. The molecule has 0 bridgehead atoms. The number of rotatable bonds is 9. The Morgan fingerprint density at radius 3 is 2.41 bits per heavy atom. The normalized spacial score (nSPS) is 11.7. The summed E-state index contributed by atoms with van der Waals surface area (Å²) in [6, 6.07) is 17.5. The molecule has 2 rings (SSSR count). The molecule has 0 aliphatic heterocycles. The van der Waals surface area contributed by atoms with E-state index < -0.39 is 6.04 Å². The minimum absolute atomic E-state index is 0.000456. The van der Waals surface area contributed by atoms with E-state index in [0.29, 0.717) is 25.9 Å². The minimum atomic E-state index is -0.500. The Hall–Kier alpha value is -2.62. The number of hydrogen-bond donors (Lipinski definition) is 1. The zero-order valence-electron chi connectivity index (χ0n) is 16.6. The second-order valence-corrected chi connectivity index (χ2v) is 6.96. The molecule has 0 aliphatic carbocycles. The molecule has 0 heterocycles. The van der Waals surface area contributed by atoms with E-state index in [1.807, 2.05) is 62.4 Å². The topological polar surface area (TPSA) is 49.4 Å². The van der Waals surface area contributed by atoms with Crippen molar-refractivity contribution in [1.82, 2.24) is 10.2 Å². The van der Waals surface area contributed by atoms with Gasteiger partial charge in [0.15, 0.2) is 0 Å². The number of nitrogens with zero attached hydrogens (tertiary/aromatic N) is 1. The zero-order chi connectivity index (χ0) is 19.6. The van der Waals surface area contributed by atoms with E-state index in [4.69, 9.17) is 0 Å². The molecule has 27 heavy (non-hydrogen) atoms. The van der Waals surface area contributed by atoms with E-state index in [0.717, 1.165) is 23.1 Å². The molecule has 0 radical (unpaired) electrons. The Morgan fingerprint density at radius 1 is 1.04 bits per heavy atom. The Balaban J connectivity index is 2.11. The van der Waals surface area contributed by atoms with Gasteiger partial charge in [0.25, 0.3) is 0 Å². The van der Waals surface area contributed by atoms with Crippen LogP contribution in [0.3, 0.4) is 0 Å². The molecule has 2 amide bonds. The quantitative estimate of drug-likeness (QED) is 0.732. The van der Waals surface area contributed by atoms with Gasteiger partial charge in [-0.2, -0.15) is 0 Å². The fourth-order valence-electron chi connectivity index (χ4n) is 3.03. The molecule has 144 valence electrons. The Labute approximate surface area is 162 Å². The van der Waals surface area contributed by atoms with Crippen LogP contribution in [-0.4, -0.2) is 29.3 Å². The predicted molar refractivity (Wildman–Crippen MR) is 109 cm³/mol. The SMILES string of the molecule is CCCNC(=O)[C@H](C)N(Cc1cccc(C)c1)C(=O)CCc1ccccc1. The molecule has 2 aromatic rings. The molecule has 0 spiro atoms. The molecule has 0 saturated heterocycles. The summed E-state index contributed by atoms with van der Waals surface area (Å²) in [7, 11) is 0. The van der Waals surface area contributed by atoms with Crippen molar-refractivity contribution in [3.63, 3.8) is 0 Å². The van der Waals surface area contributed by atoms with Crippen LogP contribution < -0.4 is 5.32 Å². The fourth-order valence-corrected chi connectivity index (χ4v) is 3.03. The van der Waals surface area contributed by atoms with E-state index in [9.17, 15) is 9.59 Å². The van der Waals surface area contributed by atoms with Gasteiger partial charge in [-0.1, -0.05) is 67.1 Å². The third-order valence-corrected chi connectivity index (χ3v) is 4.62. The van der Waals surface area contributed by atoms with Gasteiger partial charge in [0, 0.05) is 19.5 Å². The van der Waals surface area contributed by atoms with Crippen LogP contribution in [0.25, 0.3) is 0 Å². The van der Waals surface area contributed by atoms with Gasteiger partial charge in [0.05, 0.1) is 0 Å². The van der Waals surface area contributed by atoms with Gasteiger partial charge in [-0.05, 0) is 37.8 Å². The summed E-state index contributed by atoms with van der Waals surface area (Å²) in [5, 5.41) is 2.91. The number of benzene rings is 2. The average Bonchev–Trinajstić information content (AvgIpc) is 2.68. The average molecular weight is 367 g/mol. The summed E-state index contributed by atoms with van der Waals surface area (Å²) >= 11 is 0. The predicted octanol–water partition coefficient (Wildman–Crippen LogP) is 3.87. The smallest absolute Gasteiger partial charge is 0.242 e. The molecule has 0 aromatic heterocycles. The van der Waals surface area contributed by atoms with Crippen molar-refractivity contribution in [3.05, 3.63) is 71.3 Å². The lowest BCUT2D eigenvalue weighted by atomic mass is 10.1. The number of hydrogen-bond acceptors (Lipinski definition) is 2. The number of nitrogens with one attached hydrogen (secondary N) is 1. The third-order valence-electron chi connectivity index (χ3n) is 4.62. The van der Waals surface area contributed by atoms with Crippen molar-refractivity contribution >= 4 is 11.8 Å². The zero-order valence-corrected chi connectivity index (χ0v) is 16.6. The molecule has 2 aromatic carbocycles. The van der Waals surface area contributed by atoms with E-state index in [2.05, 4.69) is 11.4 Å². The van der Waals surface area contributed by atoms with Gasteiger partial charge in [-0.15, -0.1) is 0 Å². The third kappa shape index (κ3) is 6.55. The van der Waals surface area contributed by atoms with Crippen LogP contribution in [0.4, 0.5) is 0 Å². The van der Waals surface area contributed by atoms with E-state index in [1.165, 1.54) is 0 Å². The van der Waals surface area contributed by atoms with Crippen LogP contribution in [0, 0.1) is 6.92 Å². The van der Waals surface area contributed by atoms with Gasteiger partial charge in [0.2, 0.25) is 11.8 Å². The van der Waals surface area contributed by atoms with Crippen molar-refractivity contribution in [3.8, 4) is 0 Å². The Kier molecular flexibility index (Phi) is 8.05. The second kappa shape index (κ2) is 10.5. The summed E-state index contributed by atoms with van der Waals surface area (Å²) in [6.07, 6.45) is 1.94. The highest BCUT2D eigenvalue weighted by Crippen LogP contribution is 2.14. The van der Waals surface area contributed by atoms with Crippen molar-refractivity contribution in [2.75, 3.05) is 6.54 Å². The lowest BCUT2D eigenvalue weighted by Gasteiger charge is -2.29. The first-order valence-electron chi connectivity index (χ1n) is 9.68. The maximum Gasteiger partial charge on any atom is 0.242 e. The summed E-state index contributed by atoms with van der Waals surface area (Å²) in [4.78, 5) is 27.1. The highest BCUT2D eigenvalue weighted by Gasteiger charge is 2.25. The molecule has 4 heteroatoms. The second-order valence-electron chi connectivity index (χ2n) is 6.96. The Morgan fingerprint density at radius 2 is 1.74 bits per heavy atom. The molecule has 0 aliphatic rings. The van der Waals surface area contributed by atoms with Gasteiger partial charge >= 0.3 is 0 Å². The summed E-state index contributed by atoms with van der Waals surface area (Å²) in [5.41, 5.74) is 3.31. The molecular weight excluding hydrogens is 336 g/mol. The largest absolute Gasteiger partial charge is 0.354 e. The first-order valence-corrected chi connectivity index (χ1v) is 9.68. The minimum Gasteiger partial charge on any atom is -0.354 e. The van der Waals surface area contributed by atoms with Crippen molar-refractivity contribution < 1.29 is 9.59 Å². The number of carbonyl (C=O) groups excluding carboxylic acids is 2. The van der Waals surface area contributed by atoms with Gasteiger partial charge in [0.1, 0.15) is 6.04 Å². The maximum atomic E-state index is 13.0. The first kappa shape index (κ1) is 20.7. The lowest BCUT2D eigenvalue weighted by Crippen LogP contribution is -2.47. The molecule has 4 nitrogen and oxygen atoms in total. The molecule has 0 unspecified atom stereocenters. The van der Waals surface area contributed by atoms with Crippen molar-refractivity contribution in [2.45, 2.75) is 52.6 Å². The van der Waals surface area contributed by atoms with Gasteiger partial charge in [-0.3, -0.25) is 9.59 Å². The summed E-state index contributed by atoms with van der Waals surface area (Å²) in [6.45, 7) is 6.92. The maximum absolute atomic E-state index is 13.0. The van der Waals surface area contributed by atoms with Crippen LogP contribution in [0.2, 0.25) is 0 Å². The summed E-state index contributed by atoms with van der Waals surface area (Å²) < 4.78 is 0. The van der Waals surface area contributed by atoms with E-state index >= 15 is 0 Å². The standard InChI is InChI=1S/C23H30N2O2/c1-4-15-24-23(27)19(3)25(17-21-12-8-9-18(2)16-21)22(26)14-13-20-10-6-5-7-11-20/h5-12,16,19H,4,13-15,17H2,1-3H3,(H,24,27)/t19-/m0/s1. The molecule has 1 N–H and O–H groups in total. The lowest BCUT2D eigenvalue weighted by molar-refractivity contribution is -0.140. The van der Waals surface area contributed by atoms with Crippen LogP contribution in [0.15, 0.2) is 54.6 Å². The summed E-state index contributed by atoms with van der Waals surface area (Å²) in [5.74, 6) is -0.0999. The molecule has 1 atom stereocenters. The molecule has 0 saturated carbocycles. The van der Waals surface area contributed by atoms with Crippen LogP contribution in [0.1, 0.15) is 43.4 Å².